The third-order valence-corrected chi connectivity index (χ3v) is 10.2. The van der Waals surface area contributed by atoms with Crippen molar-refractivity contribution in [1.82, 2.24) is 0 Å². The lowest BCUT2D eigenvalue weighted by Gasteiger charge is -2.43. The lowest BCUT2D eigenvalue weighted by Crippen LogP contribution is -2.47. The number of rotatable bonds is 7. The molecule has 5 atom stereocenters. The second-order valence-corrected chi connectivity index (χ2v) is 12.5. The van der Waals surface area contributed by atoms with E-state index in [2.05, 4.69) is 12.2 Å². The molecule has 1 heterocycles. The largest absolute Gasteiger partial charge is 0.461 e. The molecule has 0 spiro atoms. The van der Waals surface area contributed by atoms with Crippen molar-refractivity contribution in [2.75, 3.05) is 5.32 Å². The highest BCUT2D eigenvalue weighted by molar-refractivity contribution is 7.95. The Bertz CT molecular complexity index is 1300. The molecule has 2 aliphatic carbocycles. The molecular formula is C30H35NO5S. The quantitative estimate of drug-likeness (QED) is 0.463. The van der Waals surface area contributed by atoms with E-state index in [0.717, 1.165) is 36.8 Å². The smallest absolute Gasteiger partial charge is 0.310 e. The second-order valence-electron chi connectivity index (χ2n) is 10.6. The van der Waals surface area contributed by atoms with Gasteiger partial charge in [0.1, 0.15) is 6.10 Å². The Morgan fingerprint density at radius 2 is 1.76 bits per heavy atom. The number of ether oxygens (including phenoxy) is 1. The fraction of sp³-hybridized carbons (Fsp3) is 0.467. The van der Waals surface area contributed by atoms with Gasteiger partial charge in [0, 0.05) is 11.6 Å². The number of cyclic esters (lactones) is 1. The summed E-state index contributed by atoms with van der Waals surface area (Å²) >= 11 is 0. The monoisotopic (exact) mass is 521 g/mol. The Morgan fingerprint density at radius 3 is 2.46 bits per heavy atom. The van der Waals surface area contributed by atoms with Gasteiger partial charge in [0.2, 0.25) is 15.7 Å². The van der Waals surface area contributed by atoms with Crippen LogP contribution in [0.3, 0.4) is 0 Å². The van der Waals surface area contributed by atoms with E-state index in [1.807, 2.05) is 37.3 Å². The molecule has 2 aromatic carbocycles. The second kappa shape index (κ2) is 10.4. The maximum atomic E-state index is 14.3. The van der Waals surface area contributed by atoms with Crippen LogP contribution in [0.15, 0.2) is 70.0 Å². The zero-order valence-corrected chi connectivity index (χ0v) is 22.3. The number of anilines is 1. The highest BCUT2D eigenvalue weighted by atomic mass is 32.2. The Balaban J connectivity index is 1.65. The zero-order valence-electron chi connectivity index (χ0n) is 21.5. The molecule has 3 aliphatic rings. The number of unbranched alkanes of at least 4 members (excludes halogenated alkanes) is 1. The van der Waals surface area contributed by atoms with Crippen LogP contribution in [-0.4, -0.2) is 26.4 Å². The molecule has 1 aliphatic heterocycles. The number of para-hydroxylation sites is 1. The van der Waals surface area contributed by atoms with Gasteiger partial charge in [0.25, 0.3) is 0 Å². The van der Waals surface area contributed by atoms with Gasteiger partial charge in [0.15, 0.2) is 0 Å². The van der Waals surface area contributed by atoms with E-state index in [-0.39, 0.29) is 16.7 Å². The molecule has 7 heteroatoms. The average molecular weight is 522 g/mol. The Labute approximate surface area is 219 Å². The molecule has 2 aromatic rings. The van der Waals surface area contributed by atoms with Crippen LogP contribution in [0.2, 0.25) is 0 Å². The molecule has 0 bridgehead atoms. The maximum absolute atomic E-state index is 14.3. The number of sulfone groups is 1. The third kappa shape index (κ3) is 4.74. The van der Waals surface area contributed by atoms with Crippen molar-refractivity contribution < 1.29 is 22.7 Å². The van der Waals surface area contributed by atoms with Crippen molar-refractivity contribution in [2.45, 2.75) is 69.8 Å². The number of amides is 1. The van der Waals surface area contributed by atoms with E-state index >= 15 is 0 Å². The first kappa shape index (κ1) is 25.7. The van der Waals surface area contributed by atoms with Gasteiger partial charge in [-0.15, -0.1) is 0 Å². The van der Waals surface area contributed by atoms with Gasteiger partial charge in [-0.2, -0.15) is 0 Å². The van der Waals surface area contributed by atoms with Crippen LogP contribution in [-0.2, 0) is 24.2 Å². The van der Waals surface area contributed by atoms with Crippen LogP contribution in [0.25, 0.3) is 0 Å². The molecule has 196 valence electrons. The van der Waals surface area contributed by atoms with Gasteiger partial charge in [0.05, 0.1) is 21.6 Å². The first-order valence-electron chi connectivity index (χ1n) is 13.4. The van der Waals surface area contributed by atoms with Crippen LogP contribution in [0.1, 0.15) is 57.4 Å². The normalized spacial score (nSPS) is 27.3. The molecule has 6 nitrogen and oxygen atoms in total. The summed E-state index contributed by atoms with van der Waals surface area (Å²) < 4.78 is 34.4. The number of benzene rings is 2. The first-order valence-corrected chi connectivity index (χ1v) is 14.9. The van der Waals surface area contributed by atoms with Crippen LogP contribution in [0.5, 0.6) is 0 Å². The van der Waals surface area contributed by atoms with Gasteiger partial charge in [-0.1, -0.05) is 67.7 Å². The minimum absolute atomic E-state index is 0.231. The van der Waals surface area contributed by atoms with Gasteiger partial charge in [-0.05, 0) is 62.8 Å². The summed E-state index contributed by atoms with van der Waals surface area (Å²) in [6.07, 6.45) is 4.84. The van der Waals surface area contributed by atoms with E-state index in [4.69, 9.17) is 4.74 Å². The predicted octanol–water partition coefficient (Wildman–Crippen LogP) is 5.83. The number of fused-ring (bicyclic) bond motifs is 2. The third-order valence-electron chi connectivity index (χ3n) is 8.23. The number of allylic oxidation sites excluding steroid dienone is 1. The molecule has 1 saturated carbocycles. The van der Waals surface area contributed by atoms with Crippen LogP contribution in [0, 0.1) is 30.6 Å². The summed E-state index contributed by atoms with van der Waals surface area (Å²) in [5.41, 5.74) is 2.48. The SMILES string of the molecule is CCCC[C@@H]1OC(=O)[C@@H]2[C@H]1C(S(=O)(=O)c1ccc(C)cc1)=C1CCCC[C@@H]1[C@@H]2C(=O)Nc1ccccc1. The summed E-state index contributed by atoms with van der Waals surface area (Å²) in [6.45, 7) is 3.98. The summed E-state index contributed by atoms with van der Waals surface area (Å²) in [5, 5.41) is 3.01. The standard InChI is InChI=1S/C30H35NO5S/c1-3-4-14-24-26-27(30(33)36-24)25(29(32)31-20-10-6-5-7-11-20)22-12-8-9-13-23(22)28(26)37(34,35)21-17-15-19(2)16-18-21/h5-7,10-11,15-18,22,24-27H,3-4,8-9,12-14H2,1-2H3,(H,31,32)/t22-,24-,25-,26-,27-/m0/s1. The fourth-order valence-corrected chi connectivity index (χ4v) is 8.52. The van der Waals surface area contributed by atoms with E-state index < -0.39 is 39.7 Å². The molecule has 37 heavy (non-hydrogen) atoms. The summed E-state index contributed by atoms with van der Waals surface area (Å²) in [7, 11) is -3.88. The van der Waals surface area contributed by atoms with Crippen LogP contribution in [0.4, 0.5) is 5.69 Å². The van der Waals surface area contributed by atoms with Crippen LogP contribution >= 0.6 is 0 Å². The molecule has 1 amide bonds. The minimum atomic E-state index is -3.88. The highest BCUT2D eigenvalue weighted by Gasteiger charge is 2.60. The summed E-state index contributed by atoms with van der Waals surface area (Å²) in [5.74, 6) is -3.09. The molecule has 0 radical (unpaired) electrons. The van der Waals surface area contributed by atoms with Crippen molar-refractivity contribution >= 4 is 27.4 Å². The van der Waals surface area contributed by atoms with E-state index in [1.54, 1.807) is 24.3 Å². The zero-order chi connectivity index (χ0) is 26.2. The van der Waals surface area contributed by atoms with E-state index in [9.17, 15) is 18.0 Å². The number of esters is 1. The molecular weight excluding hydrogens is 486 g/mol. The molecule has 2 fully saturated rings. The Morgan fingerprint density at radius 1 is 1.03 bits per heavy atom. The van der Waals surface area contributed by atoms with E-state index in [1.165, 1.54) is 0 Å². The van der Waals surface area contributed by atoms with Gasteiger partial charge >= 0.3 is 5.97 Å². The van der Waals surface area contributed by atoms with Crippen molar-refractivity contribution in [2.24, 2.45) is 23.7 Å². The van der Waals surface area contributed by atoms with Crippen molar-refractivity contribution in [3.05, 3.63) is 70.6 Å². The predicted molar refractivity (Wildman–Crippen MR) is 142 cm³/mol. The fourth-order valence-electron chi connectivity index (χ4n) is 6.52. The van der Waals surface area contributed by atoms with E-state index in [0.29, 0.717) is 29.9 Å². The topological polar surface area (TPSA) is 89.5 Å². The summed E-state index contributed by atoms with van der Waals surface area (Å²) in [4.78, 5) is 27.9. The van der Waals surface area contributed by atoms with Gasteiger partial charge < -0.3 is 10.1 Å². The molecule has 0 unspecified atom stereocenters. The Hall–Kier alpha value is -2.93. The van der Waals surface area contributed by atoms with Gasteiger partial charge in [-0.25, -0.2) is 8.42 Å². The van der Waals surface area contributed by atoms with Gasteiger partial charge in [-0.3, -0.25) is 9.59 Å². The molecule has 1 N–H and O–H groups in total. The number of nitrogens with one attached hydrogen (secondary N) is 1. The summed E-state index contributed by atoms with van der Waals surface area (Å²) in [6, 6.07) is 16.1. The number of hydrogen-bond acceptors (Lipinski definition) is 5. The van der Waals surface area contributed by atoms with Crippen molar-refractivity contribution in [1.29, 1.82) is 0 Å². The molecule has 0 aromatic heterocycles. The molecule has 1 saturated heterocycles. The number of hydrogen-bond donors (Lipinski definition) is 1. The first-order chi connectivity index (χ1) is 17.8. The Kier molecular flexibility index (Phi) is 7.26. The lowest BCUT2D eigenvalue weighted by molar-refractivity contribution is -0.148. The number of carbonyl (C=O) groups is 2. The average Bonchev–Trinajstić information content (AvgIpc) is 3.21. The molecule has 5 rings (SSSR count). The maximum Gasteiger partial charge on any atom is 0.310 e. The number of aryl methyl sites for hydroxylation is 1. The minimum Gasteiger partial charge on any atom is -0.461 e. The van der Waals surface area contributed by atoms with Crippen molar-refractivity contribution in [3.8, 4) is 0 Å². The van der Waals surface area contributed by atoms with Crippen LogP contribution < -0.4 is 5.32 Å². The van der Waals surface area contributed by atoms with Crippen molar-refractivity contribution in [3.63, 3.8) is 0 Å². The highest BCUT2D eigenvalue weighted by Crippen LogP contribution is 2.56. The number of carbonyl (C=O) groups excluding carboxylic acids is 2. The lowest BCUT2D eigenvalue weighted by atomic mass is 9.62.